The maximum Gasteiger partial charge on any atom is 0.262 e. The lowest BCUT2D eigenvalue weighted by Gasteiger charge is -2.11. The molecule has 2 aromatic carbocycles. The summed E-state index contributed by atoms with van der Waals surface area (Å²) in [6, 6.07) is 12.0. The van der Waals surface area contributed by atoms with Crippen LogP contribution in [0.15, 0.2) is 42.5 Å². The van der Waals surface area contributed by atoms with Crippen molar-refractivity contribution in [3.05, 3.63) is 58.6 Å². The molecule has 5 nitrogen and oxygen atoms in total. The number of aryl methyl sites for hydroxylation is 1. The van der Waals surface area contributed by atoms with Crippen LogP contribution in [0.5, 0.6) is 5.75 Å². The van der Waals surface area contributed by atoms with E-state index in [1.165, 1.54) is 0 Å². The fourth-order valence-electron chi connectivity index (χ4n) is 1.98. The number of rotatable bonds is 5. The largest absolute Gasteiger partial charge is 0.482 e. The van der Waals surface area contributed by atoms with Crippen LogP contribution in [0.1, 0.15) is 15.9 Å². The zero-order valence-electron chi connectivity index (χ0n) is 12.9. The number of hydrogen-bond donors (Lipinski definition) is 2. The lowest BCUT2D eigenvalue weighted by atomic mass is 10.1. The van der Waals surface area contributed by atoms with E-state index in [2.05, 4.69) is 10.6 Å². The molecule has 0 unspecified atom stereocenters. The van der Waals surface area contributed by atoms with Crippen LogP contribution >= 0.6 is 11.6 Å². The van der Waals surface area contributed by atoms with Gasteiger partial charge in [0.25, 0.3) is 11.8 Å². The molecule has 0 atom stereocenters. The van der Waals surface area contributed by atoms with Gasteiger partial charge in [0, 0.05) is 18.3 Å². The molecule has 0 saturated carbocycles. The molecule has 0 bridgehead atoms. The molecule has 2 aromatic rings. The van der Waals surface area contributed by atoms with E-state index in [0.717, 1.165) is 5.56 Å². The Labute approximate surface area is 139 Å². The first kappa shape index (κ1) is 16.8. The van der Waals surface area contributed by atoms with Gasteiger partial charge in [0.05, 0.1) is 5.02 Å². The lowest BCUT2D eigenvalue weighted by molar-refractivity contribution is -0.118. The summed E-state index contributed by atoms with van der Waals surface area (Å²) in [4.78, 5) is 23.5. The highest BCUT2D eigenvalue weighted by Crippen LogP contribution is 2.23. The van der Waals surface area contributed by atoms with Gasteiger partial charge in [-0.15, -0.1) is 0 Å². The number of carbonyl (C=O) groups is 2. The summed E-state index contributed by atoms with van der Waals surface area (Å²) in [5, 5.41) is 5.75. The summed E-state index contributed by atoms with van der Waals surface area (Å²) in [7, 11) is 1.57. The minimum atomic E-state index is -0.305. The Kier molecular flexibility index (Phi) is 5.60. The average Bonchev–Trinajstić information content (AvgIpc) is 2.55. The van der Waals surface area contributed by atoms with Crippen LogP contribution in [0.25, 0.3) is 0 Å². The molecule has 0 aliphatic rings. The molecule has 6 heteroatoms. The Bertz CT molecular complexity index is 732. The summed E-state index contributed by atoms with van der Waals surface area (Å²) >= 11 is 5.96. The van der Waals surface area contributed by atoms with Crippen molar-refractivity contribution >= 4 is 29.1 Å². The number of nitrogens with one attached hydrogen (secondary N) is 2. The molecular formula is C17H17ClN2O3. The van der Waals surface area contributed by atoms with Gasteiger partial charge < -0.3 is 15.4 Å². The molecule has 0 fully saturated rings. The van der Waals surface area contributed by atoms with Crippen LogP contribution in [0.2, 0.25) is 5.02 Å². The van der Waals surface area contributed by atoms with E-state index in [0.29, 0.717) is 22.0 Å². The van der Waals surface area contributed by atoms with E-state index in [9.17, 15) is 9.59 Å². The van der Waals surface area contributed by atoms with E-state index in [-0.39, 0.29) is 18.4 Å². The first-order valence-corrected chi connectivity index (χ1v) is 7.39. The zero-order valence-corrected chi connectivity index (χ0v) is 13.6. The highest BCUT2D eigenvalue weighted by Gasteiger charge is 2.10. The second-order valence-electron chi connectivity index (χ2n) is 4.88. The van der Waals surface area contributed by atoms with Crippen LogP contribution in [-0.4, -0.2) is 25.5 Å². The Balaban J connectivity index is 1.98. The molecule has 120 valence electrons. The first-order valence-electron chi connectivity index (χ1n) is 7.01. The fraction of sp³-hybridized carbons (Fsp3) is 0.176. The molecule has 0 saturated heterocycles. The molecule has 0 aliphatic heterocycles. The van der Waals surface area contributed by atoms with Crippen molar-refractivity contribution in [2.24, 2.45) is 0 Å². The minimum Gasteiger partial charge on any atom is -0.482 e. The monoisotopic (exact) mass is 332 g/mol. The van der Waals surface area contributed by atoms with Crippen LogP contribution in [0, 0.1) is 6.92 Å². The Morgan fingerprint density at radius 2 is 1.91 bits per heavy atom. The van der Waals surface area contributed by atoms with E-state index in [4.69, 9.17) is 16.3 Å². The minimum absolute atomic E-state index is 0.152. The molecule has 2 amide bonds. The third-order valence-electron chi connectivity index (χ3n) is 3.19. The van der Waals surface area contributed by atoms with Crippen molar-refractivity contribution in [1.82, 2.24) is 5.32 Å². The molecule has 0 radical (unpaired) electrons. The van der Waals surface area contributed by atoms with Gasteiger partial charge in [-0.3, -0.25) is 9.59 Å². The highest BCUT2D eigenvalue weighted by molar-refractivity contribution is 6.32. The molecule has 2 rings (SSSR count). The number of amides is 2. The Hall–Kier alpha value is -2.53. The first-order chi connectivity index (χ1) is 11.0. The summed E-state index contributed by atoms with van der Waals surface area (Å²) in [6.45, 7) is 1.66. The van der Waals surface area contributed by atoms with Crippen molar-refractivity contribution in [3.63, 3.8) is 0 Å². The van der Waals surface area contributed by atoms with Gasteiger partial charge in [-0.2, -0.15) is 0 Å². The van der Waals surface area contributed by atoms with E-state index in [1.54, 1.807) is 49.5 Å². The number of para-hydroxylation sites is 1. The molecular weight excluding hydrogens is 316 g/mol. The SMILES string of the molecule is CNC(=O)c1ccc(NC(=O)COc2ccccc2Cl)c(C)c1. The van der Waals surface area contributed by atoms with Gasteiger partial charge in [-0.25, -0.2) is 0 Å². The predicted molar refractivity (Wildman–Crippen MR) is 90.1 cm³/mol. The standard InChI is InChI=1S/C17H17ClN2O3/c1-11-9-12(17(22)19-2)7-8-14(11)20-16(21)10-23-15-6-4-3-5-13(15)18/h3-9H,10H2,1-2H3,(H,19,22)(H,20,21). The highest BCUT2D eigenvalue weighted by atomic mass is 35.5. The number of ether oxygens (including phenoxy) is 1. The van der Waals surface area contributed by atoms with Gasteiger partial charge in [0.2, 0.25) is 0 Å². The summed E-state index contributed by atoms with van der Waals surface area (Å²) in [5.41, 5.74) is 1.96. The average molecular weight is 333 g/mol. The number of halogens is 1. The van der Waals surface area contributed by atoms with Gasteiger partial charge in [-0.1, -0.05) is 23.7 Å². The van der Waals surface area contributed by atoms with E-state index < -0.39 is 0 Å². The maximum absolute atomic E-state index is 12.0. The summed E-state index contributed by atoms with van der Waals surface area (Å²) in [5.74, 6) is -0.0234. The fourth-order valence-corrected chi connectivity index (χ4v) is 2.17. The van der Waals surface area contributed by atoms with Crippen molar-refractivity contribution < 1.29 is 14.3 Å². The predicted octanol–water partition coefficient (Wildman–Crippen LogP) is 3.03. The van der Waals surface area contributed by atoms with E-state index in [1.807, 2.05) is 6.92 Å². The third-order valence-corrected chi connectivity index (χ3v) is 3.50. The maximum atomic E-state index is 12.0. The molecule has 2 N–H and O–H groups in total. The zero-order chi connectivity index (χ0) is 16.8. The Morgan fingerprint density at radius 1 is 1.17 bits per heavy atom. The van der Waals surface area contributed by atoms with Gasteiger partial charge >= 0.3 is 0 Å². The number of carbonyl (C=O) groups excluding carboxylic acids is 2. The molecule has 0 spiro atoms. The molecule has 0 aliphatic carbocycles. The van der Waals surface area contributed by atoms with Crippen molar-refractivity contribution in [3.8, 4) is 5.75 Å². The van der Waals surface area contributed by atoms with Crippen LogP contribution < -0.4 is 15.4 Å². The van der Waals surface area contributed by atoms with Crippen molar-refractivity contribution in [1.29, 1.82) is 0 Å². The summed E-state index contributed by atoms with van der Waals surface area (Å²) < 4.78 is 5.38. The third kappa shape index (κ3) is 4.47. The second kappa shape index (κ2) is 7.65. The van der Waals surface area contributed by atoms with E-state index >= 15 is 0 Å². The van der Waals surface area contributed by atoms with Crippen LogP contribution in [-0.2, 0) is 4.79 Å². The Morgan fingerprint density at radius 3 is 2.57 bits per heavy atom. The smallest absolute Gasteiger partial charge is 0.262 e. The molecule has 0 aromatic heterocycles. The number of hydrogen-bond acceptors (Lipinski definition) is 3. The van der Waals surface area contributed by atoms with Crippen molar-refractivity contribution in [2.75, 3.05) is 19.0 Å². The number of anilines is 1. The lowest BCUT2D eigenvalue weighted by Crippen LogP contribution is -2.21. The number of benzene rings is 2. The van der Waals surface area contributed by atoms with Gasteiger partial charge in [0.15, 0.2) is 6.61 Å². The van der Waals surface area contributed by atoms with Crippen LogP contribution in [0.4, 0.5) is 5.69 Å². The molecule has 0 heterocycles. The quantitative estimate of drug-likeness (QED) is 0.884. The second-order valence-corrected chi connectivity index (χ2v) is 5.28. The van der Waals surface area contributed by atoms with Gasteiger partial charge in [0.1, 0.15) is 5.75 Å². The van der Waals surface area contributed by atoms with Gasteiger partial charge in [-0.05, 0) is 42.8 Å². The normalized spacial score (nSPS) is 10.0. The summed E-state index contributed by atoms with van der Waals surface area (Å²) in [6.07, 6.45) is 0. The van der Waals surface area contributed by atoms with Crippen molar-refractivity contribution in [2.45, 2.75) is 6.92 Å². The van der Waals surface area contributed by atoms with Crippen LogP contribution in [0.3, 0.4) is 0 Å². The topological polar surface area (TPSA) is 67.4 Å². The molecule has 23 heavy (non-hydrogen) atoms.